The van der Waals surface area contributed by atoms with Gasteiger partial charge in [0.1, 0.15) is 12.3 Å². The van der Waals surface area contributed by atoms with E-state index in [-0.39, 0.29) is 18.4 Å². The Hall–Kier alpha value is -2.24. The third kappa shape index (κ3) is 3.11. The van der Waals surface area contributed by atoms with Gasteiger partial charge in [-0.25, -0.2) is 0 Å². The minimum Gasteiger partial charge on any atom is -0.478 e. The van der Waals surface area contributed by atoms with E-state index in [2.05, 4.69) is 0 Å². The highest BCUT2D eigenvalue weighted by molar-refractivity contribution is 6.04. The zero-order valence-electron chi connectivity index (χ0n) is 13.5. The molecule has 6 heteroatoms. The summed E-state index contributed by atoms with van der Waals surface area (Å²) in [5.41, 5.74) is 6.98. The molecule has 2 amide bonds. The van der Waals surface area contributed by atoms with Crippen molar-refractivity contribution in [2.75, 3.05) is 30.3 Å². The van der Waals surface area contributed by atoms with Crippen LogP contribution in [-0.4, -0.2) is 42.5 Å². The maximum Gasteiger partial charge on any atom is 0.268 e. The van der Waals surface area contributed by atoms with Crippen molar-refractivity contribution in [1.82, 2.24) is 4.90 Å². The average molecular weight is 317 g/mol. The molecule has 0 spiro atoms. The highest BCUT2D eigenvalue weighted by Gasteiger charge is 2.35. The molecule has 6 nitrogen and oxygen atoms in total. The smallest absolute Gasteiger partial charge is 0.268 e. The molecule has 0 unspecified atom stereocenters. The molecular weight excluding hydrogens is 294 g/mol. The number of rotatable bonds is 3. The molecule has 2 heterocycles. The first-order chi connectivity index (χ1) is 11.1. The van der Waals surface area contributed by atoms with E-state index >= 15 is 0 Å². The molecule has 124 valence electrons. The number of ether oxygens (including phenoxy) is 1. The van der Waals surface area contributed by atoms with Gasteiger partial charge in [-0.15, -0.1) is 0 Å². The summed E-state index contributed by atoms with van der Waals surface area (Å²) in [5, 5.41) is 0. The maximum atomic E-state index is 12.6. The first-order valence-electron chi connectivity index (χ1n) is 8.25. The molecule has 2 N–H and O–H groups in total. The summed E-state index contributed by atoms with van der Waals surface area (Å²) in [6, 6.07) is 5.20. The SMILES string of the molecule is CC[C@H]1Oc2ccc(N)cc2N(CC(=O)N2CCCCC2)C1=O. The summed E-state index contributed by atoms with van der Waals surface area (Å²) in [4.78, 5) is 28.6. The molecule has 0 aromatic heterocycles. The molecule has 1 saturated heterocycles. The van der Waals surface area contributed by atoms with Crippen molar-refractivity contribution in [3.8, 4) is 5.75 Å². The van der Waals surface area contributed by atoms with E-state index in [1.54, 1.807) is 18.2 Å². The Balaban J connectivity index is 1.85. The Morgan fingerprint density at radius 3 is 2.74 bits per heavy atom. The number of amides is 2. The average Bonchev–Trinajstić information content (AvgIpc) is 2.58. The molecule has 2 aliphatic heterocycles. The second-order valence-corrected chi connectivity index (χ2v) is 6.11. The van der Waals surface area contributed by atoms with E-state index < -0.39 is 6.10 Å². The van der Waals surface area contributed by atoms with E-state index in [9.17, 15) is 9.59 Å². The number of nitrogens with two attached hydrogens (primary N) is 1. The van der Waals surface area contributed by atoms with Gasteiger partial charge in [0.05, 0.1) is 5.69 Å². The van der Waals surface area contributed by atoms with Gasteiger partial charge in [0, 0.05) is 18.8 Å². The Labute approximate surface area is 136 Å². The minimum atomic E-state index is -0.541. The maximum absolute atomic E-state index is 12.6. The van der Waals surface area contributed by atoms with Crippen LogP contribution in [0.1, 0.15) is 32.6 Å². The van der Waals surface area contributed by atoms with E-state index in [0.717, 1.165) is 32.4 Å². The fourth-order valence-electron chi connectivity index (χ4n) is 3.14. The van der Waals surface area contributed by atoms with Crippen LogP contribution in [0.4, 0.5) is 11.4 Å². The quantitative estimate of drug-likeness (QED) is 0.862. The number of nitrogen functional groups attached to an aromatic ring is 1. The Bertz CT molecular complexity index is 611. The fourth-order valence-corrected chi connectivity index (χ4v) is 3.14. The van der Waals surface area contributed by atoms with Gasteiger partial charge in [-0.05, 0) is 43.9 Å². The van der Waals surface area contributed by atoms with Crippen molar-refractivity contribution >= 4 is 23.2 Å². The third-order valence-corrected chi connectivity index (χ3v) is 4.46. The molecule has 1 fully saturated rings. The molecule has 1 aromatic carbocycles. The molecule has 1 aromatic rings. The lowest BCUT2D eigenvalue weighted by molar-refractivity contribution is -0.134. The summed E-state index contributed by atoms with van der Waals surface area (Å²) in [6.07, 6.45) is 3.25. The van der Waals surface area contributed by atoms with Crippen molar-refractivity contribution < 1.29 is 14.3 Å². The summed E-state index contributed by atoms with van der Waals surface area (Å²) >= 11 is 0. The lowest BCUT2D eigenvalue weighted by Gasteiger charge is -2.35. The van der Waals surface area contributed by atoms with Crippen LogP contribution in [0.15, 0.2) is 18.2 Å². The number of carbonyl (C=O) groups is 2. The van der Waals surface area contributed by atoms with Crippen LogP contribution in [0.2, 0.25) is 0 Å². The topological polar surface area (TPSA) is 75.9 Å². The van der Waals surface area contributed by atoms with Crippen LogP contribution in [0, 0.1) is 0 Å². The molecule has 0 bridgehead atoms. The minimum absolute atomic E-state index is 0.0109. The second-order valence-electron chi connectivity index (χ2n) is 6.11. The molecule has 0 radical (unpaired) electrons. The second kappa shape index (κ2) is 6.48. The highest BCUT2D eigenvalue weighted by atomic mass is 16.5. The van der Waals surface area contributed by atoms with E-state index in [1.807, 2.05) is 11.8 Å². The number of benzene rings is 1. The number of piperidine rings is 1. The highest BCUT2D eigenvalue weighted by Crippen LogP contribution is 2.36. The fraction of sp³-hybridized carbons (Fsp3) is 0.529. The zero-order valence-corrected chi connectivity index (χ0v) is 13.5. The Kier molecular flexibility index (Phi) is 4.41. The van der Waals surface area contributed by atoms with Crippen molar-refractivity contribution in [2.45, 2.75) is 38.7 Å². The number of nitrogens with zero attached hydrogens (tertiary/aromatic N) is 2. The first-order valence-corrected chi connectivity index (χ1v) is 8.25. The number of likely N-dealkylation sites (tertiary alicyclic amines) is 1. The molecular formula is C17H23N3O3. The molecule has 2 aliphatic rings. The van der Waals surface area contributed by atoms with Crippen LogP contribution in [0.5, 0.6) is 5.75 Å². The molecule has 23 heavy (non-hydrogen) atoms. The third-order valence-electron chi connectivity index (χ3n) is 4.46. The van der Waals surface area contributed by atoms with Gasteiger partial charge in [-0.2, -0.15) is 0 Å². The van der Waals surface area contributed by atoms with Crippen molar-refractivity contribution in [2.24, 2.45) is 0 Å². The number of fused-ring (bicyclic) bond motifs is 1. The van der Waals surface area contributed by atoms with E-state index in [4.69, 9.17) is 10.5 Å². The van der Waals surface area contributed by atoms with Gasteiger partial charge >= 0.3 is 0 Å². The predicted molar refractivity (Wildman–Crippen MR) is 88.3 cm³/mol. The summed E-state index contributed by atoms with van der Waals surface area (Å²) in [7, 11) is 0. The van der Waals surface area contributed by atoms with Gasteiger partial charge in [0.15, 0.2) is 6.10 Å². The number of hydrogen-bond donors (Lipinski definition) is 1. The van der Waals surface area contributed by atoms with Crippen molar-refractivity contribution in [1.29, 1.82) is 0 Å². The largest absolute Gasteiger partial charge is 0.478 e. The van der Waals surface area contributed by atoms with Crippen LogP contribution in [-0.2, 0) is 9.59 Å². The molecule has 1 atom stereocenters. The van der Waals surface area contributed by atoms with Crippen molar-refractivity contribution in [3.63, 3.8) is 0 Å². The standard InChI is InChI=1S/C17H23N3O3/c1-2-14-17(22)20(11-16(21)19-8-4-3-5-9-19)13-10-12(18)6-7-15(13)23-14/h6-7,10,14H,2-5,8-9,11,18H2,1H3/t14-/m1/s1. The van der Waals surface area contributed by atoms with Gasteiger partial charge in [0.2, 0.25) is 5.91 Å². The van der Waals surface area contributed by atoms with Crippen LogP contribution >= 0.6 is 0 Å². The normalized spacial score (nSPS) is 20.9. The Morgan fingerprint density at radius 2 is 2.04 bits per heavy atom. The molecule has 3 rings (SSSR count). The number of carbonyl (C=O) groups excluding carboxylic acids is 2. The summed E-state index contributed by atoms with van der Waals surface area (Å²) < 4.78 is 5.73. The molecule has 0 saturated carbocycles. The van der Waals surface area contributed by atoms with Crippen LogP contribution < -0.4 is 15.4 Å². The van der Waals surface area contributed by atoms with Crippen LogP contribution in [0.25, 0.3) is 0 Å². The lowest BCUT2D eigenvalue weighted by atomic mass is 10.1. The Morgan fingerprint density at radius 1 is 1.30 bits per heavy atom. The van der Waals surface area contributed by atoms with Gasteiger partial charge in [-0.1, -0.05) is 6.92 Å². The van der Waals surface area contributed by atoms with Crippen LogP contribution in [0.3, 0.4) is 0 Å². The van der Waals surface area contributed by atoms with E-state index in [0.29, 0.717) is 23.5 Å². The first kappa shape index (κ1) is 15.6. The number of anilines is 2. The van der Waals surface area contributed by atoms with Gasteiger partial charge in [0.25, 0.3) is 5.91 Å². The summed E-state index contributed by atoms with van der Waals surface area (Å²) in [6.45, 7) is 3.50. The summed E-state index contributed by atoms with van der Waals surface area (Å²) in [5.74, 6) is 0.427. The van der Waals surface area contributed by atoms with Crippen molar-refractivity contribution in [3.05, 3.63) is 18.2 Å². The van der Waals surface area contributed by atoms with E-state index in [1.165, 1.54) is 4.90 Å². The molecule has 0 aliphatic carbocycles. The zero-order chi connectivity index (χ0) is 16.4. The lowest BCUT2D eigenvalue weighted by Crippen LogP contribution is -2.51. The monoisotopic (exact) mass is 317 g/mol. The van der Waals surface area contributed by atoms with Gasteiger partial charge in [-0.3, -0.25) is 14.5 Å². The van der Waals surface area contributed by atoms with Gasteiger partial charge < -0.3 is 15.4 Å². The number of hydrogen-bond acceptors (Lipinski definition) is 4. The predicted octanol–water partition coefficient (Wildman–Crippen LogP) is 1.79.